The van der Waals surface area contributed by atoms with E-state index in [0.717, 1.165) is 27.7 Å². The molecule has 106 valence electrons. The molecule has 0 aliphatic heterocycles. The van der Waals surface area contributed by atoms with Crippen LogP contribution in [0.25, 0.3) is 22.2 Å². The minimum Gasteiger partial charge on any atom is -0.469 e. The van der Waals surface area contributed by atoms with Crippen LogP contribution in [0.1, 0.15) is 5.56 Å². The smallest absolute Gasteiger partial charge is 0.310 e. The Morgan fingerprint density at radius 3 is 2.57 bits per heavy atom. The van der Waals surface area contributed by atoms with Gasteiger partial charge in [-0.3, -0.25) is 4.79 Å². The third kappa shape index (κ3) is 2.52. The summed E-state index contributed by atoms with van der Waals surface area (Å²) in [5, 5.41) is 0.974. The summed E-state index contributed by atoms with van der Waals surface area (Å²) in [7, 11) is 1.37. The number of halogens is 1. The zero-order valence-corrected chi connectivity index (χ0v) is 11.5. The van der Waals surface area contributed by atoms with E-state index >= 15 is 0 Å². The number of nitrogens with one attached hydrogen (secondary N) is 1. The van der Waals surface area contributed by atoms with Gasteiger partial charge in [-0.1, -0.05) is 18.2 Å². The van der Waals surface area contributed by atoms with Gasteiger partial charge in [0.1, 0.15) is 5.82 Å². The molecule has 0 aliphatic carbocycles. The van der Waals surface area contributed by atoms with Crippen molar-refractivity contribution in [3.63, 3.8) is 0 Å². The number of aromatic amines is 1. The maximum Gasteiger partial charge on any atom is 0.310 e. The predicted octanol–water partition coefficient (Wildman–Crippen LogP) is 3.69. The second kappa shape index (κ2) is 5.40. The lowest BCUT2D eigenvalue weighted by atomic mass is 10.0. The molecule has 0 radical (unpaired) electrons. The van der Waals surface area contributed by atoms with Gasteiger partial charge in [-0.15, -0.1) is 0 Å². The molecule has 0 saturated heterocycles. The summed E-state index contributed by atoms with van der Waals surface area (Å²) in [4.78, 5) is 15.0. The number of para-hydroxylation sites is 1. The maximum absolute atomic E-state index is 13.1. The van der Waals surface area contributed by atoms with Crippen LogP contribution >= 0.6 is 0 Å². The van der Waals surface area contributed by atoms with Crippen LogP contribution in [-0.4, -0.2) is 18.1 Å². The molecule has 0 bridgehead atoms. The first kappa shape index (κ1) is 13.4. The van der Waals surface area contributed by atoms with Crippen molar-refractivity contribution in [3.8, 4) is 11.3 Å². The number of hydrogen-bond donors (Lipinski definition) is 1. The van der Waals surface area contributed by atoms with Gasteiger partial charge in [0.05, 0.1) is 19.2 Å². The second-order valence-corrected chi connectivity index (χ2v) is 4.78. The number of aromatic nitrogens is 1. The number of H-pyrrole nitrogens is 1. The minimum absolute atomic E-state index is 0.174. The molecule has 2 aromatic carbocycles. The molecule has 0 spiro atoms. The fourth-order valence-electron chi connectivity index (χ4n) is 2.46. The first-order valence-corrected chi connectivity index (χ1v) is 6.61. The fraction of sp³-hybridized carbons (Fsp3) is 0.118. The molecule has 0 unspecified atom stereocenters. The highest BCUT2D eigenvalue weighted by molar-refractivity contribution is 5.94. The van der Waals surface area contributed by atoms with Gasteiger partial charge in [-0.2, -0.15) is 0 Å². The summed E-state index contributed by atoms with van der Waals surface area (Å²) in [5.74, 6) is -0.590. The number of benzene rings is 2. The number of rotatable bonds is 3. The number of methoxy groups -OCH3 is 1. The first-order chi connectivity index (χ1) is 10.2. The van der Waals surface area contributed by atoms with E-state index in [0.29, 0.717) is 0 Å². The summed E-state index contributed by atoms with van der Waals surface area (Å²) in [6.45, 7) is 0. The highest BCUT2D eigenvalue weighted by Gasteiger charge is 2.16. The Kier molecular flexibility index (Phi) is 3.44. The second-order valence-electron chi connectivity index (χ2n) is 4.78. The van der Waals surface area contributed by atoms with Crippen LogP contribution in [0.4, 0.5) is 4.39 Å². The Balaban J connectivity index is 2.18. The lowest BCUT2D eigenvalue weighted by Gasteiger charge is -2.04. The quantitative estimate of drug-likeness (QED) is 0.745. The zero-order chi connectivity index (χ0) is 14.8. The van der Waals surface area contributed by atoms with Crippen molar-refractivity contribution in [2.75, 3.05) is 7.11 Å². The standard InChI is InChI=1S/C17H14FNO2/c1-21-16(20)10-14-13-4-2-3-5-15(13)19-17(14)11-6-8-12(18)9-7-11/h2-9,19H,10H2,1H3. The number of carbonyl (C=O) groups is 1. The van der Waals surface area contributed by atoms with Crippen LogP contribution in [0.5, 0.6) is 0 Å². The van der Waals surface area contributed by atoms with Gasteiger partial charge in [0, 0.05) is 10.9 Å². The normalized spacial score (nSPS) is 10.8. The lowest BCUT2D eigenvalue weighted by molar-refractivity contribution is -0.139. The van der Waals surface area contributed by atoms with Crippen LogP contribution in [0.2, 0.25) is 0 Å². The highest BCUT2D eigenvalue weighted by Crippen LogP contribution is 2.31. The van der Waals surface area contributed by atoms with Crippen LogP contribution in [-0.2, 0) is 16.0 Å². The molecule has 1 N–H and O–H groups in total. The molecular formula is C17H14FNO2. The van der Waals surface area contributed by atoms with Gasteiger partial charge < -0.3 is 9.72 Å². The summed E-state index contributed by atoms with van der Waals surface area (Å²) in [6, 6.07) is 14.0. The molecular weight excluding hydrogens is 269 g/mol. The third-order valence-electron chi connectivity index (χ3n) is 3.50. The van der Waals surface area contributed by atoms with Crippen molar-refractivity contribution in [2.45, 2.75) is 6.42 Å². The molecule has 21 heavy (non-hydrogen) atoms. The lowest BCUT2D eigenvalue weighted by Crippen LogP contribution is -2.05. The van der Waals surface area contributed by atoms with Crippen LogP contribution in [0, 0.1) is 5.82 Å². The van der Waals surface area contributed by atoms with E-state index in [1.807, 2.05) is 24.3 Å². The third-order valence-corrected chi connectivity index (χ3v) is 3.50. The van der Waals surface area contributed by atoms with Crippen molar-refractivity contribution in [1.29, 1.82) is 0 Å². The Labute approximate surface area is 121 Å². The number of hydrogen-bond acceptors (Lipinski definition) is 2. The molecule has 3 nitrogen and oxygen atoms in total. The highest BCUT2D eigenvalue weighted by atomic mass is 19.1. The van der Waals surface area contributed by atoms with Gasteiger partial charge >= 0.3 is 5.97 Å². The average Bonchev–Trinajstić information content (AvgIpc) is 2.87. The summed E-state index contributed by atoms with van der Waals surface area (Å²) in [5.41, 5.74) is 3.47. The van der Waals surface area contributed by atoms with Gasteiger partial charge in [0.2, 0.25) is 0 Å². The molecule has 0 fully saturated rings. The molecule has 1 aromatic heterocycles. The van der Waals surface area contributed by atoms with Crippen molar-refractivity contribution in [3.05, 3.63) is 59.9 Å². The Morgan fingerprint density at radius 2 is 1.86 bits per heavy atom. The van der Waals surface area contributed by atoms with Crippen molar-refractivity contribution in [1.82, 2.24) is 4.98 Å². The monoisotopic (exact) mass is 283 g/mol. The SMILES string of the molecule is COC(=O)Cc1c(-c2ccc(F)cc2)[nH]c2ccccc12. The number of ether oxygens (including phenoxy) is 1. The summed E-state index contributed by atoms with van der Waals surface area (Å²) in [6.07, 6.45) is 0.174. The van der Waals surface area contributed by atoms with E-state index in [2.05, 4.69) is 4.98 Å². The average molecular weight is 283 g/mol. The zero-order valence-electron chi connectivity index (χ0n) is 11.5. The maximum atomic E-state index is 13.1. The van der Waals surface area contributed by atoms with Gasteiger partial charge in [0.25, 0.3) is 0 Å². The van der Waals surface area contributed by atoms with Crippen molar-refractivity contribution in [2.24, 2.45) is 0 Å². The summed E-state index contributed by atoms with van der Waals surface area (Å²) < 4.78 is 17.9. The molecule has 4 heteroatoms. The molecule has 3 rings (SSSR count). The molecule has 0 aliphatic rings. The van der Waals surface area contributed by atoms with E-state index in [1.54, 1.807) is 12.1 Å². The molecule has 1 heterocycles. The van der Waals surface area contributed by atoms with Crippen LogP contribution < -0.4 is 0 Å². The Hall–Kier alpha value is -2.62. The molecule has 0 amide bonds. The van der Waals surface area contributed by atoms with Crippen molar-refractivity contribution >= 4 is 16.9 Å². The minimum atomic E-state index is -0.303. The fourth-order valence-corrected chi connectivity index (χ4v) is 2.46. The van der Waals surface area contributed by atoms with E-state index in [-0.39, 0.29) is 18.2 Å². The first-order valence-electron chi connectivity index (χ1n) is 6.61. The van der Waals surface area contributed by atoms with Gasteiger partial charge in [-0.25, -0.2) is 4.39 Å². The predicted molar refractivity (Wildman–Crippen MR) is 79.4 cm³/mol. The topological polar surface area (TPSA) is 42.1 Å². The molecule has 0 saturated carbocycles. The van der Waals surface area contributed by atoms with E-state index in [9.17, 15) is 9.18 Å². The van der Waals surface area contributed by atoms with E-state index < -0.39 is 0 Å². The van der Waals surface area contributed by atoms with Gasteiger partial charge in [0.15, 0.2) is 0 Å². The van der Waals surface area contributed by atoms with Gasteiger partial charge in [-0.05, 0) is 41.5 Å². The van der Waals surface area contributed by atoms with Crippen LogP contribution in [0.3, 0.4) is 0 Å². The van der Waals surface area contributed by atoms with Crippen LogP contribution in [0.15, 0.2) is 48.5 Å². The Bertz CT molecular complexity index is 790. The van der Waals surface area contributed by atoms with E-state index in [4.69, 9.17) is 4.74 Å². The number of fused-ring (bicyclic) bond motifs is 1. The number of carbonyl (C=O) groups excluding carboxylic acids is 1. The Morgan fingerprint density at radius 1 is 1.14 bits per heavy atom. The molecule has 3 aromatic rings. The number of esters is 1. The molecule has 0 atom stereocenters. The van der Waals surface area contributed by atoms with Crippen molar-refractivity contribution < 1.29 is 13.9 Å². The largest absolute Gasteiger partial charge is 0.469 e. The summed E-state index contributed by atoms with van der Waals surface area (Å²) >= 11 is 0. The van der Waals surface area contributed by atoms with E-state index in [1.165, 1.54) is 19.2 Å².